The number of hydrogen-bond donors (Lipinski definition) is 1. The Kier molecular flexibility index (Phi) is 5.52. The Hall–Kier alpha value is -0.970. The molecule has 0 unspecified atom stereocenters. The minimum absolute atomic E-state index is 0.754. The van der Waals surface area contributed by atoms with E-state index in [0.717, 1.165) is 66.8 Å². The topological polar surface area (TPSA) is 33.7 Å². The Morgan fingerprint density at radius 1 is 1.25 bits per heavy atom. The van der Waals surface area contributed by atoms with Gasteiger partial charge in [0, 0.05) is 38.3 Å². The van der Waals surface area contributed by atoms with Crippen LogP contribution in [-0.2, 0) is 6.42 Å². The van der Waals surface area contributed by atoms with Crippen LogP contribution >= 0.6 is 11.6 Å². The van der Waals surface area contributed by atoms with Gasteiger partial charge in [0.25, 0.3) is 0 Å². The van der Waals surface area contributed by atoms with Crippen LogP contribution in [0.25, 0.3) is 0 Å². The molecule has 1 aromatic carbocycles. The van der Waals surface area contributed by atoms with Crippen molar-refractivity contribution in [2.45, 2.75) is 13.3 Å². The molecular formula is C15H23ClN2O2. The Morgan fingerprint density at radius 2 is 1.95 bits per heavy atom. The number of benzene rings is 1. The molecule has 0 aromatic heterocycles. The van der Waals surface area contributed by atoms with Crippen molar-refractivity contribution >= 4 is 11.6 Å². The molecule has 1 N–H and O–H groups in total. The molecular weight excluding hydrogens is 276 g/mol. The van der Waals surface area contributed by atoms with Gasteiger partial charge < -0.3 is 19.7 Å². The Morgan fingerprint density at radius 3 is 2.55 bits per heavy atom. The lowest BCUT2D eigenvalue weighted by atomic mass is 10.1. The van der Waals surface area contributed by atoms with Crippen LogP contribution in [0.15, 0.2) is 6.07 Å². The predicted molar refractivity (Wildman–Crippen MR) is 82.3 cm³/mol. The monoisotopic (exact) mass is 298 g/mol. The van der Waals surface area contributed by atoms with Crippen molar-refractivity contribution in [2.75, 3.05) is 46.9 Å². The first kappa shape index (κ1) is 15.4. The standard InChI is InChI=1S/C15H23ClN2O2/c1-11-10-13(19-2)15(20-3)12(14(11)16)4-7-18-8-5-17-6-9-18/h10,17H,4-9H2,1-3H3. The van der Waals surface area contributed by atoms with Crippen molar-refractivity contribution in [3.8, 4) is 11.5 Å². The Balaban J connectivity index is 2.18. The highest BCUT2D eigenvalue weighted by atomic mass is 35.5. The van der Waals surface area contributed by atoms with Gasteiger partial charge in [-0.05, 0) is 25.0 Å². The Labute approximate surface area is 126 Å². The largest absolute Gasteiger partial charge is 0.493 e. The van der Waals surface area contributed by atoms with Crippen LogP contribution in [-0.4, -0.2) is 51.8 Å². The summed E-state index contributed by atoms with van der Waals surface area (Å²) < 4.78 is 10.9. The van der Waals surface area contributed by atoms with Gasteiger partial charge in [0.15, 0.2) is 11.5 Å². The molecule has 1 fully saturated rings. The first-order valence-corrected chi connectivity index (χ1v) is 7.38. The number of hydrogen-bond acceptors (Lipinski definition) is 4. The summed E-state index contributed by atoms with van der Waals surface area (Å²) in [5, 5.41) is 4.15. The summed E-state index contributed by atoms with van der Waals surface area (Å²) in [4.78, 5) is 2.45. The fraction of sp³-hybridized carbons (Fsp3) is 0.600. The van der Waals surface area contributed by atoms with Crippen LogP contribution in [0.1, 0.15) is 11.1 Å². The SMILES string of the molecule is COc1cc(C)c(Cl)c(CCN2CCNCC2)c1OC. The summed E-state index contributed by atoms with van der Waals surface area (Å²) in [6.07, 6.45) is 0.875. The number of nitrogens with one attached hydrogen (secondary N) is 1. The quantitative estimate of drug-likeness (QED) is 0.903. The maximum Gasteiger partial charge on any atom is 0.165 e. The van der Waals surface area contributed by atoms with Gasteiger partial charge in [-0.1, -0.05) is 11.6 Å². The van der Waals surface area contributed by atoms with Crippen molar-refractivity contribution in [3.63, 3.8) is 0 Å². The van der Waals surface area contributed by atoms with Crippen molar-refractivity contribution in [1.82, 2.24) is 10.2 Å². The molecule has 1 heterocycles. The maximum absolute atomic E-state index is 6.46. The normalized spacial score (nSPS) is 16.2. The zero-order chi connectivity index (χ0) is 14.5. The molecule has 0 aliphatic carbocycles. The van der Waals surface area contributed by atoms with Crippen molar-refractivity contribution < 1.29 is 9.47 Å². The third-order valence-corrected chi connectivity index (χ3v) is 4.29. The molecule has 4 nitrogen and oxygen atoms in total. The summed E-state index contributed by atoms with van der Waals surface area (Å²) >= 11 is 6.46. The lowest BCUT2D eigenvalue weighted by molar-refractivity contribution is 0.242. The van der Waals surface area contributed by atoms with Gasteiger partial charge in [-0.3, -0.25) is 0 Å². The average Bonchev–Trinajstić information content (AvgIpc) is 2.49. The summed E-state index contributed by atoms with van der Waals surface area (Å²) in [6, 6.07) is 1.93. The third kappa shape index (κ3) is 3.37. The van der Waals surface area contributed by atoms with Gasteiger partial charge in [-0.15, -0.1) is 0 Å². The molecule has 0 atom stereocenters. The van der Waals surface area contributed by atoms with E-state index in [1.807, 2.05) is 13.0 Å². The number of nitrogens with zero attached hydrogens (tertiary/aromatic N) is 1. The van der Waals surface area contributed by atoms with E-state index in [4.69, 9.17) is 21.1 Å². The first-order chi connectivity index (χ1) is 9.67. The second-order valence-corrected chi connectivity index (χ2v) is 5.44. The molecule has 0 radical (unpaired) electrons. The highest BCUT2D eigenvalue weighted by Gasteiger charge is 2.18. The summed E-state index contributed by atoms with van der Waals surface area (Å²) in [6.45, 7) is 7.28. The first-order valence-electron chi connectivity index (χ1n) is 7.00. The van der Waals surface area contributed by atoms with Gasteiger partial charge in [0.05, 0.1) is 19.2 Å². The van der Waals surface area contributed by atoms with E-state index in [2.05, 4.69) is 10.2 Å². The Bertz CT molecular complexity index is 460. The molecule has 0 bridgehead atoms. The zero-order valence-corrected chi connectivity index (χ0v) is 13.2. The van der Waals surface area contributed by atoms with Gasteiger partial charge in [-0.2, -0.15) is 0 Å². The number of ether oxygens (including phenoxy) is 2. The van der Waals surface area contributed by atoms with E-state index in [-0.39, 0.29) is 0 Å². The number of aryl methyl sites for hydroxylation is 1. The van der Waals surface area contributed by atoms with E-state index in [1.54, 1.807) is 14.2 Å². The lowest BCUT2D eigenvalue weighted by Gasteiger charge is -2.27. The summed E-state index contributed by atoms with van der Waals surface area (Å²) in [5.41, 5.74) is 2.07. The average molecular weight is 299 g/mol. The minimum Gasteiger partial charge on any atom is -0.493 e. The van der Waals surface area contributed by atoms with E-state index in [0.29, 0.717) is 0 Å². The van der Waals surface area contributed by atoms with E-state index >= 15 is 0 Å². The molecule has 112 valence electrons. The second-order valence-electron chi connectivity index (χ2n) is 5.06. The molecule has 0 amide bonds. The van der Waals surface area contributed by atoms with Gasteiger partial charge in [-0.25, -0.2) is 0 Å². The predicted octanol–water partition coefficient (Wildman–Crippen LogP) is 2.11. The molecule has 1 aromatic rings. The molecule has 2 rings (SSSR count). The van der Waals surface area contributed by atoms with Crippen LogP contribution in [0.3, 0.4) is 0 Å². The number of methoxy groups -OCH3 is 2. The molecule has 20 heavy (non-hydrogen) atoms. The smallest absolute Gasteiger partial charge is 0.165 e. The lowest BCUT2D eigenvalue weighted by Crippen LogP contribution is -2.44. The maximum atomic E-state index is 6.46. The van der Waals surface area contributed by atoms with Crippen LogP contribution in [0.4, 0.5) is 0 Å². The fourth-order valence-electron chi connectivity index (χ4n) is 2.62. The highest BCUT2D eigenvalue weighted by molar-refractivity contribution is 6.32. The van der Waals surface area contributed by atoms with Crippen molar-refractivity contribution in [2.24, 2.45) is 0 Å². The number of halogens is 1. The molecule has 5 heteroatoms. The zero-order valence-electron chi connectivity index (χ0n) is 12.5. The summed E-state index contributed by atoms with van der Waals surface area (Å²) in [7, 11) is 3.32. The molecule has 1 saturated heterocycles. The van der Waals surface area contributed by atoms with Crippen LogP contribution < -0.4 is 14.8 Å². The van der Waals surface area contributed by atoms with Crippen molar-refractivity contribution in [1.29, 1.82) is 0 Å². The molecule has 0 saturated carbocycles. The molecule has 0 spiro atoms. The highest BCUT2D eigenvalue weighted by Crippen LogP contribution is 2.38. The third-order valence-electron chi connectivity index (χ3n) is 3.77. The van der Waals surface area contributed by atoms with Crippen molar-refractivity contribution in [3.05, 3.63) is 22.2 Å². The molecule has 1 aliphatic rings. The summed E-state index contributed by atoms with van der Waals surface area (Å²) in [5.74, 6) is 1.52. The number of piperazine rings is 1. The van der Waals surface area contributed by atoms with Gasteiger partial charge in [0.1, 0.15) is 0 Å². The minimum atomic E-state index is 0.754. The van der Waals surface area contributed by atoms with Crippen LogP contribution in [0.5, 0.6) is 11.5 Å². The van der Waals surface area contributed by atoms with Crippen LogP contribution in [0.2, 0.25) is 5.02 Å². The van der Waals surface area contributed by atoms with E-state index < -0.39 is 0 Å². The van der Waals surface area contributed by atoms with Gasteiger partial charge >= 0.3 is 0 Å². The second kappa shape index (κ2) is 7.16. The fourth-order valence-corrected chi connectivity index (χ4v) is 2.85. The van der Waals surface area contributed by atoms with Crippen LogP contribution in [0, 0.1) is 6.92 Å². The van der Waals surface area contributed by atoms with E-state index in [9.17, 15) is 0 Å². The van der Waals surface area contributed by atoms with E-state index in [1.165, 1.54) is 0 Å². The van der Waals surface area contributed by atoms with Gasteiger partial charge in [0.2, 0.25) is 0 Å². The molecule has 1 aliphatic heterocycles. The number of rotatable bonds is 5.